The van der Waals surface area contributed by atoms with E-state index >= 15 is 0 Å². The molecule has 0 atom stereocenters. The maximum Gasteiger partial charge on any atom is 0.193 e. The van der Waals surface area contributed by atoms with Crippen LogP contribution in [0.25, 0.3) is 5.69 Å². The second-order valence-electron chi connectivity index (χ2n) is 6.00. The highest BCUT2D eigenvalue weighted by Crippen LogP contribution is 2.09. The zero-order chi connectivity index (χ0) is 18.9. The molecule has 28 heavy (non-hydrogen) atoms. The molecular formula is C20H25IN6O. The van der Waals surface area contributed by atoms with E-state index in [1.165, 1.54) is 0 Å². The summed E-state index contributed by atoms with van der Waals surface area (Å²) in [5.74, 6) is 1.56. The Hall–Kier alpha value is -2.62. The van der Waals surface area contributed by atoms with Crippen molar-refractivity contribution in [1.82, 2.24) is 25.0 Å². The zero-order valence-corrected chi connectivity index (χ0v) is 18.4. The summed E-state index contributed by atoms with van der Waals surface area (Å²) in [6.45, 7) is 1.88. The predicted octanol–water partition coefficient (Wildman–Crippen LogP) is 2.97. The summed E-state index contributed by atoms with van der Waals surface area (Å²) < 4.78 is 7.52. The van der Waals surface area contributed by atoms with Crippen LogP contribution in [0, 0.1) is 0 Å². The number of para-hydroxylation sites is 1. The summed E-state index contributed by atoms with van der Waals surface area (Å²) in [6, 6.07) is 13.8. The third kappa shape index (κ3) is 6.22. The molecule has 0 aliphatic carbocycles. The maximum absolute atomic E-state index is 5.64. The van der Waals surface area contributed by atoms with Gasteiger partial charge in [-0.1, -0.05) is 18.2 Å². The van der Waals surface area contributed by atoms with E-state index in [4.69, 9.17) is 4.74 Å². The van der Waals surface area contributed by atoms with Gasteiger partial charge in [0.25, 0.3) is 0 Å². The Morgan fingerprint density at radius 3 is 2.71 bits per heavy atom. The van der Waals surface area contributed by atoms with Gasteiger partial charge in [0.05, 0.1) is 24.6 Å². The average molecular weight is 492 g/mol. The van der Waals surface area contributed by atoms with Crippen molar-refractivity contribution < 1.29 is 4.74 Å². The number of nitrogens with one attached hydrogen (secondary N) is 1. The van der Waals surface area contributed by atoms with Gasteiger partial charge in [-0.25, -0.2) is 4.68 Å². The molecule has 1 N–H and O–H groups in total. The number of nitrogens with zero attached hydrogens (tertiary/aromatic N) is 5. The molecule has 7 nitrogen and oxygen atoms in total. The van der Waals surface area contributed by atoms with E-state index in [1.54, 1.807) is 19.4 Å². The molecule has 3 aromatic rings. The zero-order valence-electron chi connectivity index (χ0n) is 16.0. The van der Waals surface area contributed by atoms with Crippen LogP contribution < -0.4 is 10.1 Å². The number of aromatic nitrogens is 3. The molecule has 148 valence electrons. The first kappa shape index (κ1) is 21.7. The van der Waals surface area contributed by atoms with Gasteiger partial charge in [-0.15, -0.1) is 24.0 Å². The van der Waals surface area contributed by atoms with Crippen LogP contribution >= 0.6 is 24.0 Å². The lowest BCUT2D eigenvalue weighted by molar-refractivity contribution is 0.318. The van der Waals surface area contributed by atoms with Crippen molar-refractivity contribution >= 4 is 29.9 Å². The molecule has 0 saturated carbocycles. The van der Waals surface area contributed by atoms with Crippen LogP contribution in [0.5, 0.6) is 5.75 Å². The molecule has 0 radical (unpaired) electrons. The number of pyridine rings is 1. The Kier molecular flexibility index (Phi) is 8.73. The molecule has 3 rings (SSSR count). The first-order valence-electron chi connectivity index (χ1n) is 8.80. The standard InChI is InChI=1S/C20H24N6O.HI/c1-21-20(23-11-12-27-19-9-6-10-22-14-19)25(2)15-17-13-24-26(16-17)18-7-4-3-5-8-18;/h3-10,13-14,16H,11-12,15H2,1-2H3,(H,21,23);1H. The highest BCUT2D eigenvalue weighted by Gasteiger charge is 2.08. The molecule has 0 saturated heterocycles. The maximum atomic E-state index is 5.64. The fourth-order valence-electron chi connectivity index (χ4n) is 2.66. The molecular weight excluding hydrogens is 467 g/mol. The van der Waals surface area contributed by atoms with E-state index in [2.05, 4.69) is 25.3 Å². The predicted molar refractivity (Wildman–Crippen MR) is 122 cm³/mol. The largest absolute Gasteiger partial charge is 0.490 e. The molecule has 0 bridgehead atoms. The second kappa shape index (κ2) is 11.3. The highest BCUT2D eigenvalue weighted by molar-refractivity contribution is 14.0. The van der Waals surface area contributed by atoms with E-state index < -0.39 is 0 Å². The Morgan fingerprint density at radius 2 is 2.00 bits per heavy atom. The summed E-state index contributed by atoms with van der Waals surface area (Å²) >= 11 is 0. The molecule has 0 amide bonds. The lowest BCUT2D eigenvalue weighted by Crippen LogP contribution is -2.40. The molecule has 0 spiro atoms. The number of aliphatic imine (C=N–C) groups is 1. The Morgan fingerprint density at radius 1 is 1.18 bits per heavy atom. The molecule has 0 fully saturated rings. The molecule has 0 aliphatic heterocycles. The van der Waals surface area contributed by atoms with Gasteiger partial charge >= 0.3 is 0 Å². The number of benzene rings is 1. The van der Waals surface area contributed by atoms with Crippen LogP contribution in [0.1, 0.15) is 5.56 Å². The lowest BCUT2D eigenvalue weighted by atomic mass is 10.3. The van der Waals surface area contributed by atoms with Gasteiger partial charge in [0.2, 0.25) is 0 Å². The number of rotatable bonds is 7. The third-order valence-electron chi connectivity index (χ3n) is 3.94. The van der Waals surface area contributed by atoms with E-state index in [1.807, 2.05) is 66.6 Å². The van der Waals surface area contributed by atoms with E-state index in [9.17, 15) is 0 Å². The van der Waals surface area contributed by atoms with Gasteiger partial charge in [0.15, 0.2) is 5.96 Å². The SMILES string of the molecule is CN=C(NCCOc1cccnc1)N(C)Cc1cnn(-c2ccccc2)c1.I. The van der Waals surface area contributed by atoms with Crippen LogP contribution in [0.3, 0.4) is 0 Å². The normalized spacial score (nSPS) is 10.9. The summed E-state index contributed by atoms with van der Waals surface area (Å²) in [6.07, 6.45) is 7.33. The van der Waals surface area contributed by atoms with Gasteiger partial charge in [0.1, 0.15) is 12.4 Å². The molecule has 8 heteroatoms. The summed E-state index contributed by atoms with van der Waals surface area (Å²) in [4.78, 5) is 10.4. The molecule has 2 heterocycles. The Balaban J connectivity index is 0.00000280. The molecule has 1 aromatic carbocycles. The quantitative estimate of drug-likeness (QED) is 0.238. The smallest absolute Gasteiger partial charge is 0.193 e. The van der Waals surface area contributed by atoms with Crippen molar-refractivity contribution in [1.29, 1.82) is 0 Å². The first-order valence-corrected chi connectivity index (χ1v) is 8.80. The van der Waals surface area contributed by atoms with Crippen molar-refractivity contribution in [2.45, 2.75) is 6.54 Å². The summed E-state index contributed by atoms with van der Waals surface area (Å²) in [5.41, 5.74) is 2.15. The molecule has 0 aliphatic rings. The van der Waals surface area contributed by atoms with Gasteiger partial charge in [0, 0.05) is 38.6 Å². The number of hydrogen-bond acceptors (Lipinski definition) is 4. The average Bonchev–Trinajstić information content (AvgIpc) is 3.18. The molecule has 0 unspecified atom stereocenters. The van der Waals surface area contributed by atoms with Gasteiger partial charge < -0.3 is 15.0 Å². The van der Waals surface area contributed by atoms with Crippen molar-refractivity contribution in [3.05, 3.63) is 72.8 Å². The lowest BCUT2D eigenvalue weighted by Gasteiger charge is -2.21. The monoisotopic (exact) mass is 492 g/mol. The van der Waals surface area contributed by atoms with Crippen LogP contribution in [-0.4, -0.2) is 52.9 Å². The number of ether oxygens (including phenoxy) is 1. The van der Waals surface area contributed by atoms with Crippen LogP contribution in [0.2, 0.25) is 0 Å². The van der Waals surface area contributed by atoms with Crippen LogP contribution in [-0.2, 0) is 6.54 Å². The second-order valence-corrected chi connectivity index (χ2v) is 6.00. The van der Waals surface area contributed by atoms with Gasteiger partial charge in [-0.3, -0.25) is 9.98 Å². The van der Waals surface area contributed by atoms with Gasteiger partial charge in [-0.05, 0) is 24.3 Å². The van der Waals surface area contributed by atoms with Crippen molar-refractivity contribution in [3.63, 3.8) is 0 Å². The van der Waals surface area contributed by atoms with Crippen molar-refractivity contribution in [3.8, 4) is 11.4 Å². The van der Waals surface area contributed by atoms with Crippen LogP contribution in [0.15, 0.2) is 72.2 Å². The van der Waals surface area contributed by atoms with Crippen molar-refractivity contribution in [2.24, 2.45) is 4.99 Å². The first-order chi connectivity index (χ1) is 13.3. The highest BCUT2D eigenvalue weighted by atomic mass is 127. The minimum absolute atomic E-state index is 0. The van der Waals surface area contributed by atoms with E-state index in [0.717, 1.165) is 23.0 Å². The Labute approximate surface area is 182 Å². The van der Waals surface area contributed by atoms with Crippen LogP contribution in [0.4, 0.5) is 0 Å². The summed E-state index contributed by atoms with van der Waals surface area (Å²) in [7, 11) is 3.77. The topological polar surface area (TPSA) is 67.6 Å². The van der Waals surface area contributed by atoms with E-state index in [0.29, 0.717) is 19.7 Å². The fourth-order valence-corrected chi connectivity index (χ4v) is 2.66. The number of guanidine groups is 1. The minimum atomic E-state index is 0. The third-order valence-corrected chi connectivity index (χ3v) is 3.94. The Bertz CT molecular complexity index is 853. The summed E-state index contributed by atoms with van der Waals surface area (Å²) in [5, 5.41) is 7.74. The number of halogens is 1. The van der Waals surface area contributed by atoms with E-state index in [-0.39, 0.29) is 24.0 Å². The number of hydrogen-bond donors (Lipinski definition) is 1. The van der Waals surface area contributed by atoms with Crippen molar-refractivity contribution in [2.75, 3.05) is 27.2 Å². The molecule has 2 aromatic heterocycles. The fraction of sp³-hybridized carbons (Fsp3) is 0.250. The van der Waals surface area contributed by atoms with Gasteiger partial charge in [-0.2, -0.15) is 5.10 Å². The minimum Gasteiger partial charge on any atom is -0.490 e.